The van der Waals surface area contributed by atoms with E-state index in [2.05, 4.69) is 4.98 Å². The van der Waals surface area contributed by atoms with Gasteiger partial charge >= 0.3 is 0 Å². The zero-order valence-corrected chi connectivity index (χ0v) is 23.2. The lowest BCUT2D eigenvalue weighted by atomic mass is 9.87. The van der Waals surface area contributed by atoms with Crippen LogP contribution in [0.2, 0.25) is 10.0 Å². The highest BCUT2D eigenvalue weighted by Gasteiger charge is 2.35. The van der Waals surface area contributed by atoms with Crippen molar-refractivity contribution in [3.8, 4) is 5.88 Å². The highest BCUT2D eigenvalue weighted by atomic mass is 35.5. The third-order valence-corrected chi connectivity index (χ3v) is 8.24. The van der Waals surface area contributed by atoms with Crippen LogP contribution in [0.15, 0.2) is 42.5 Å². The van der Waals surface area contributed by atoms with Crippen molar-refractivity contribution in [1.29, 1.82) is 0 Å². The summed E-state index contributed by atoms with van der Waals surface area (Å²) >= 11 is 13.6. The number of carbonyl (C=O) groups is 1. The van der Waals surface area contributed by atoms with Gasteiger partial charge in [0, 0.05) is 35.3 Å². The zero-order valence-electron chi connectivity index (χ0n) is 21.7. The van der Waals surface area contributed by atoms with Crippen LogP contribution in [0, 0.1) is 13.8 Å². The molecule has 2 aliphatic heterocycles. The second kappa shape index (κ2) is 11.6. The topological polar surface area (TPSA) is 71.9 Å². The first kappa shape index (κ1) is 26.9. The summed E-state index contributed by atoms with van der Waals surface area (Å²) in [5.74, 6) is 0.0112. The lowest BCUT2D eigenvalue weighted by Gasteiger charge is -2.32. The lowest BCUT2D eigenvalue weighted by molar-refractivity contribution is 0.0665. The zero-order chi connectivity index (χ0) is 26.8. The third kappa shape index (κ3) is 5.41. The predicted molar refractivity (Wildman–Crippen MR) is 148 cm³/mol. The molecule has 0 aliphatic carbocycles. The van der Waals surface area contributed by atoms with Crippen LogP contribution in [0.4, 0.5) is 0 Å². The quantitative estimate of drug-likeness (QED) is 0.367. The van der Waals surface area contributed by atoms with Crippen molar-refractivity contribution in [2.75, 3.05) is 19.8 Å². The maximum atomic E-state index is 13.9. The smallest absolute Gasteiger partial charge is 0.256 e. The van der Waals surface area contributed by atoms with Gasteiger partial charge in [0.05, 0.1) is 29.8 Å². The fourth-order valence-electron chi connectivity index (χ4n) is 5.47. The number of hydrogen-bond donors (Lipinski definition) is 1. The van der Waals surface area contributed by atoms with Gasteiger partial charge in [-0.15, -0.1) is 0 Å². The van der Waals surface area contributed by atoms with E-state index >= 15 is 0 Å². The number of carbonyl (C=O) groups excluding carboxylic acids is 1. The van der Waals surface area contributed by atoms with Gasteiger partial charge in [0.15, 0.2) is 0 Å². The van der Waals surface area contributed by atoms with E-state index in [-0.39, 0.29) is 24.5 Å². The Kier molecular flexibility index (Phi) is 8.24. The summed E-state index contributed by atoms with van der Waals surface area (Å²) in [5, 5.41) is 11.0. The Morgan fingerprint density at radius 3 is 2.71 bits per heavy atom. The van der Waals surface area contributed by atoms with Crippen LogP contribution in [0.1, 0.15) is 62.6 Å². The summed E-state index contributed by atoms with van der Waals surface area (Å²) in [5.41, 5.74) is 5.62. The largest absolute Gasteiger partial charge is 0.473 e. The highest BCUT2D eigenvalue weighted by molar-refractivity contribution is 6.37. The Hall–Kier alpha value is -2.64. The van der Waals surface area contributed by atoms with E-state index in [0.717, 1.165) is 40.8 Å². The molecule has 6 nitrogen and oxygen atoms in total. The highest BCUT2D eigenvalue weighted by Crippen LogP contribution is 2.41. The molecule has 0 spiro atoms. The van der Waals surface area contributed by atoms with E-state index in [4.69, 9.17) is 32.7 Å². The molecule has 1 fully saturated rings. The summed E-state index contributed by atoms with van der Waals surface area (Å²) < 4.78 is 12.0. The normalized spacial score (nSPS) is 18.0. The first-order valence-electron chi connectivity index (χ1n) is 13.0. The van der Waals surface area contributed by atoms with Gasteiger partial charge in [-0.2, -0.15) is 0 Å². The van der Waals surface area contributed by atoms with Crippen molar-refractivity contribution in [3.63, 3.8) is 0 Å². The number of aliphatic hydroxyl groups excluding tert-OH is 1. The summed E-state index contributed by atoms with van der Waals surface area (Å²) in [4.78, 5) is 20.3. The number of amides is 1. The van der Waals surface area contributed by atoms with Gasteiger partial charge in [-0.1, -0.05) is 53.5 Å². The van der Waals surface area contributed by atoms with Crippen LogP contribution in [0.5, 0.6) is 5.88 Å². The molecule has 38 heavy (non-hydrogen) atoms. The van der Waals surface area contributed by atoms with Crippen LogP contribution in [-0.2, 0) is 24.3 Å². The summed E-state index contributed by atoms with van der Waals surface area (Å²) in [7, 11) is 0. The molecule has 0 saturated carbocycles. The van der Waals surface area contributed by atoms with E-state index in [1.165, 1.54) is 0 Å². The molecular weight excluding hydrogens is 523 g/mol. The summed E-state index contributed by atoms with van der Waals surface area (Å²) in [6.07, 6.45) is 2.21. The van der Waals surface area contributed by atoms with E-state index in [0.29, 0.717) is 59.8 Å². The number of pyridine rings is 1. The van der Waals surface area contributed by atoms with Crippen molar-refractivity contribution < 1.29 is 19.4 Å². The number of aryl methyl sites for hydroxylation is 2. The summed E-state index contributed by atoms with van der Waals surface area (Å²) in [6.45, 7) is 5.70. The van der Waals surface area contributed by atoms with Crippen LogP contribution < -0.4 is 4.74 Å². The van der Waals surface area contributed by atoms with Crippen molar-refractivity contribution in [3.05, 3.63) is 91.6 Å². The molecule has 0 bridgehead atoms. The number of nitrogens with zero attached hydrogens (tertiary/aromatic N) is 2. The SMILES string of the molecule is Cc1cc(C)c(CN2CCc3c(Cl)cc([C@H](CO)C4CCCO4)c(Cl)c3C2=O)c(OCc2ccccc2)n1. The Labute approximate surface area is 233 Å². The Balaban J connectivity index is 1.44. The van der Waals surface area contributed by atoms with Crippen LogP contribution in [0.25, 0.3) is 0 Å². The van der Waals surface area contributed by atoms with E-state index in [1.54, 1.807) is 11.0 Å². The van der Waals surface area contributed by atoms with Crippen molar-refractivity contribution >= 4 is 29.1 Å². The number of rotatable bonds is 8. The van der Waals surface area contributed by atoms with Gasteiger partial charge in [-0.05, 0) is 67.5 Å². The molecule has 2 aliphatic rings. The number of halogens is 2. The number of ether oxygens (including phenoxy) is 2. The minimum Gasteiger partial charge on any atom is -0.473 e. The molecule has 3 aromatic rings. The number of benzene rings is 2. The van der Waals surface area contributed by atoms with Crippen molar-refractivity contribution in [2.24, 2.45) is 0 Å². The molecule has 1 aromatic heterocycles. The number of aliphatic hydroxyl groups is 1. The first-order valence-corrected chi connectivity index (χ1v) is 13.8. The van der Waals surface area contributed by atoms with Gasteiger partial charge in [0.25, 0.3) is 5.91 Å². The summed E-state index contributed by atoms with van der Waals surface area (Å²) in [6, 6.07) is 13.7. The standard InChI is InChI=1S/C30H32Cl2N2O4/c1-18-13-19(2)33-29(38-17-20-7-4-3-5-8-20)23(18)15-34-11-10-21-25(31)14-22(28(32)27(21)30(34)36)24(16-35)26-9-6-12-37-26/h3-5,7-8,13-14,24,26,35H,6,9-12,15-17H2,1-2H3/t24-,26?/m0/s1. The molecule has 1 unspecified atom stereocenters. The average Bonchev–Trinajstić information content (AvgIpc) is 3.44. The second-order valence-corrected chi connectivity index (χ2v) is 10.9. The molecule has 2 aromatic carbocycles. The number of aromatic nitrogens is 1. The fraction of sp³-hybridized carbons (Fsp3) is 0.400. The maximum absolute atomic E-state index is 13.9. The van der Waals surface area contributed by atoms with Gasteiger partial charge in [0.2, 0.25) is 5.88 Å². The molecule has 200 valence electrons. The first-order chi connectivity index (χ1) is 18.4. The molecule has 1 saturated heterocycles. The third-order valence-electron chi connectivity index (χ3n) is 7.49. The van der Waals surface area contributed by atoms with Gasteiger partial charge in [0.1, 0.15) is 6.61 Å². The van der Waals surface area contributed by atoms with Crippen LogP contribution in [0.3, 0.4) is 0 Å². The number of fused-ring (bicyclic) bond motifs is 1. The Morgan fingerprint density at radius 2 is 2.00 bits per heavy atom. The maximum Gasteiger partial charge on any atom is 0.256 e. The van der Waals surface area contributed by atoms with E-state index < -0.39 is 0 Å². The molecule has 0 radical (unpaired) electrons. The van der Waals surface area contributed by atoms with E-state index in [1.807, 2.05) is 50.2 Å². The molecule has 1 N–H and O–H groups in total. The molecular formula is C30H32Cl2N2O4. The molecule has 2 atom stereocenters. The molecule has 3 heterocycles. The predicted octanol–water partition coefficient (Wildman–Crippen LogP) is 6.04. The van der Waals surface area contributed by atoms with Crippen LogP contribution >= 0.6 is 23.2 Å². The van der Waals surface area contributed by atoms with Gasteiger partial charge in [-0.3, -0.25) is 4.79 Å². The Morgan fingerprint density at radius 1 is 1.21 bits per heavy atom. The minimum atomic E-state index is -0.336. The number of hydrogen-bond acceptors (Lipinski definition) is 5. The van der Waals surface area contributed by atoms with Crippen molar-refractivity contribution in [1.82, 2.24) is 9.88 Å². The van der Waals surface area contributed by atoms with Crippen LogP contribution in [-0.4, -0.2) is 46.8 Å². The molecule has 1 amide bonds. The monoisotopic (exact) mass is 554 g/mol. The van der Waals surface area contributed by atoms with Gasteiger partial charge in [-0.25, -0.2) is 4.98 Å². The lowest BCUT2D eigenvalue weighted by Crippen LogP contribution is -2.38. The van der Waals surface area contributed by atoms with Gasteiger partial charge < -0.3 is 19.5 Å². The second-order valence-electron chi connectivity index (χ2n) is 10.1. The minimum absolute atomic E-state index is 0.131. The average molecular weight is 556 g/mol. The molecule has 5 rings (SSSR count). The fourth-order valence-corrected chi connectivity index (χ4v) is 6.17. The molecule has 8 heteroatoms. The van der Waals surface area contributed by atoms with Crippen molar-refractivity contribution in [2.45, 2.75) is 58.3 Å². The van der Waals surface area contributed by atoms with E-state index in [9.17, 15) is 9.90 Å². The Bertz CT molecular complexity index is 1330.